The fourth-order valence-corrected chi connectivity index (χ4v) is 3.99. The number of H-pyrrole nitrogens is 1. The largest absolute Gasteiger partial charge is 0.510 e. The summed E-state index contributed by atoms with van der Waals surface area (Å²) in [5, 5.41) is 24.5. The van der Waals surface area contributed by atoms with Crippen LogP contribution in [0.3, 0.4) is 0 Å². The Morgan fingerprint density at radius 2 is 2.14 bits per heavy atom. The number of rotatable bonds is 10. The third-order valence-electron chi connectivity index (χ3n) is 4.78. The number of aliphatic hydroxyl groups is 1. The SMILES string of the molecule is O=C1CC[C@H](/C(O)=C\CC(F)(F)c2ccccc2)N1CCCCSc1nn[nH]n1. The maximum Gasteiger partial charge on any atom is 0.276 e. The van der Waals surface area contributed by atoms with E-state index in [2.05, 4.69) is 20.6 Å². The zero-order valence-corrected chi connectivity index (χ0v) is 16.6. The van der Waals surface area contributed by atoms with Gasteiger partial charge in [0.2, 0.25) is 11.1 Å². The van der Waals surface area contributed by atoms with E-state index in [9.17, 15) is 18.7 Å². The molecule has 0 aliphatic carbocycles. The van der Waals surface area contributed by atoms with Gasteiger partial charge in [0, 0.05) is 30.7 Å². The zero-order chi connectivity index (χ0) is 20.7. The molecule has 156 valence electrons. The van der Waals surface area contributed by atoms with Crippen LogP contribution in [0.5, 0.6) is 0 Å². The van der Waals surface area contributed by atoms with Crippen LogP contribution in [0, 0.1) is 0 Å². The number of thioether (sulfide) groups is 1. The number of halogens is 2. The summed E-state index contributed by atoms with van der Waals surface area (Å²) in [4.78, 5) is 13.8. The van der Waals surface area contributed by atoms with Crippen molar-refractivity contribution in [2.45, 2.75) is 49.2 Å². The van der Waals surface area contributed by atoms with E-state index in [1.165, 1.54) is 23.9 Å². The summed E-state index contributed by atoms with van der Waals surface area (Å²) in [5.41, 5.74) is -0.0949. The number of likely N-dealkylation sites (tertiary alicyclic amines) is 1. The molecule has 7 nitrogen and oxygen atoms in total. The maximum absolute atomic E-state index is 14.3. The van der Waals surface area contributed by atoms with E-state index in [0.717, 1.165) is 24.7 Å². The number of aromatic amines is 1. The van der Waals surface area contributed by atoms with E-state index in [-0.39, 0.29) is 17.2 Å². The normalized spacial score (nSPS) is 17.9. The number of benzene rings is 1. The van der Waals surface area contributed by atoms with Crippen LogP contribution in [0.4, 0.5) is 8.78 Å². The predicted molar refractivity (Wildman–Crippen MR) is 105 cm³/mol. The Morgan fingerprint density at radius 3 is 2.86 bits per heavy atom. The minimum absolute atomic E-state index is 0.0596. The van der Waals surface area contributed by atoms with Crippen molar-refractivity contribution in [1.82, 2.24) is 25.5 Å². The highest BCUT2D eigenvalue weighted by molar-refractivity contribution is 7.99. The first-order chi connectivity index (χ1) is 14.0. The number of aromatic nitrogens is 4. The van der Waals surface area contributed by atoms with E-state index >= 15 is 0 Å². The Labute approximate surface area is 171 Å². The molecule has 0 unspecified atom stereocenters. The van der Waals surface area contributed by atoms with Crippen LogP contribution in [0.15, 0.2) is 47.3 Å². The van der Waals surface area contributed by atoms with Gasteiger partial charge in [0.15, 0.2) is 0 Å². The van der Waals surface area contributed by atoms with Crippen LogP contribution in [-0.4, -0.2) is 54.9 Å². The number of carbonyl (C=O) groups is 1. The first kappa shape index (κ1) is 21.2. The van der Waals surface area contributed by atoms with Gasteiger partial charge >= 0.3 is 0 Å². The lowest BCUT2D eigenvalue weighted by Gasteiger charge is -2.25. The smallest absolute Gasteiger partial charge is 0.276 e. The van der Waals surface area contributed by atoms with E-state index < -0.39 is 18.4 Å². The van der Waals surface area contributed by atoms with Gasteiger partial charge in [-0.25, -0.2) is 8.78 Å². The van der Waals surface area contributed by atoms with Crippen LogP contribution < -0.4 is 0 Å². The summed E-state index contributed by atoms with van der Waals surface area (Å²) in [6.45, 7) is 0.475. The number of nitrogens with zero attached hydrogens (tertiary/aromatic N) is 4. The average molecular weight is 423 g/mol. The molecule has 0 saturated carbocycles. The third kappa shape index (κ3) is 5.75. The highest BCUT2D eigenvalue weighted by Crippen LogP contribution is 2.33. The van der Waals surface area contributed by atoms with Crippen molar-refractivity contribution < 1.29 is 18.7 Å². The van der Waals surface area contributed by atoms with Crippen LogP contribution in [0.25, 0.3) is 0 Å². The molecule has 2 N–H and O–H groups in total. The molecular weight excluding hydrogens is 400 g/mol. The monoisotopic (exact) mass is 423 g/mol. The molecule has 1 fully saturated rings. The molecule has 1 aromatic heterocycles. The highest BCUT2D eigenvalue weighted by atomic mass is 32.2. The second kappa shape index (κ2) is 9.82. The number of hydrogen-bond acceptors (Lipinski definition) is 6. The number of alkyl halides is 2. The quantitative estimate of drug-likeness (QED) is 0.344. The average Bonchev–Trinajstić information content (AvgIpc) is 3.37. The summed E-state index contributed by atoms with van der Waals surface area (Å²) in [6, 6.07) is 6.99. The molecule has 29 heavy (non-hydrogen) atoms. The number of tetrazole rings is 1. The van der Waals surface area contributed by atoms with Crippen molar-refractivity contribution in [1.29, 1.82) is 0 Å². The second-order valence-corrected chi connectivity index (χ2v) is 7.86. The summed E-state index contributed by atoms with van der Waals surface area (Å²) < 4.78 is 28.7. The Hall–Kier alpha value is -2.49. The number of hydrogen-bond donors (Lipinski definition) is 2. The van der Waals surface area contributed by atoms with Crippen molar-refractivity contribution in [3.05, 3.63) is 47.7 Å². The van der Waals surface area contributed by atoms with Crippen molar-refractivity contribution in [3.8, 4) is 0 Å². The highest BCUT2D eigenvalue weighted by Gasteiger charge is 2.35. The Bertz CT molecular complexity index is 817. The number of allylic oxidation sites excluding steroid dienone is 1. The number of carbonyl (C=O) groups excluding carboxylic acids is 1. The topological polar surface area (TPSA) is 95.0 Å². The zero-order valence-electron chi connectivity index (χ0n) is 15.8. The molecule has 3 rings (SSSR count). The molecule has 0 radical (unpaired) electrons. The van der Waals surface area contributed by atoms with Gasteiger partial charge in [-0.05, 0) is 30.6 Å². The molecule has 2 aromatic rings. The predicted octanol–water partition coefficient (Wildman–Crippen LogP) is 3.69. The number of unbranched alkanes of at least 4 members (excludes halogenated alkanes) is 1. The van der Waals surface area contributed by atoms with Crippen molar-refractivity contribution >= 4 is 17.7 Å². The third-order valence-corrected chi connectivity index (χ3v) is 5.71. The molecular formula is C19H23F2N5O2S. The van der Waals surface area contributed by atoms with Gasteiger partial charge in [0.1, 0.15) is 5.76 Å². The summed E-state index contributed by atoms with van der Waals surface area (Å²) >= 11 is 1.46. The number of aliphatic hydroxyl groups excluding tert-OH is 1. The molecule has 0 spiro atoms. The number of nitrogens with one attached hydrogen (secondary N) is 1. The minimum Gasteiger partial charge on any atom is -0.510 e. The second-order valence-electron chi connectivity index (χ2n) is 6.80. The lowest BCUT2D eigenvalue weighted by Crippen LogP contribution is -2.35. The van der Waals surface area contributed by atoms with Gasteiger partial charge < -0.3 is 10.0 Å². The first-order valence-electron chi connectivity index (χ1n) is 9.45. The van der Waals surface area contributed by atoms with Gasteiger partial charge in [0.05, 0.1) is 6.04 Å². The first-order valence-corrected chi connectivity index (χ1v) is 10.4. The Kier molecular flexibility index (Phi) is 7.18. The summed E-state index contributed by atoms with van der Waals surface area (Å²) in [6.07, 6.45) is 2.86. The van der Waals surface area contributed by atoms with Gasteiger partial charge in [-0.1, -0.05) is 42.1 Å². The fraction of sp³-hybridized carbons (Fsp3) is 0.474. The van der Waals surface area contributed by atoms with Gasteiger partial charge in [-0.3, -0.25) is 4.79 Å². The Balaban J connectivity index is 1.51. The van der Waals surface area contributed by atoms with Gasteiger partial charge in [0.25, 0.3) is 5.92 Å². The van der Waals surface area contributed by atoms with Gasteiger partial charge in [-0.15, -0.1) is 10.2 Å². The van der Waals surface area contributed by atoms with Crippen LogP contribution in [-0.2, 0) is 10.7 Å². The molecule has 1 saturated heterocycles. The molecule has 1 aliphatic heterocycles. The van der Waals surface area contributed by atoms with E-state index in [1.807, 2.05) is 0 Å². The lowest BCUT2D eigenvalue weighted by atomic mass is 10.0. The van der Waals surface area contributed by atoms with Crippen LogP contribution in [0.2, 0.25) is 0 Å². The molecule has 1 atom stereocenters. The van der Waals surface area contributed by atoms with Gasteiger partial charge in [-0.2, -0.15) is 5.21 Å². The summed E-state index contributed by atoms with van der Waals surface area (Å²) in [7, 11) is 0. The van der Waals surface area contributed by atoms with Crippen molar-refractivity contribution in [2.24, 2.45) is 0 Å². The van der Waals surface area contributed by atoms with Crippen molar-refractivity contribution in [2.75, 3.05) is 12.3 Å². The lowest BCUT2D eigenvalue weighted by molar-refractivity contribution is -0.128. The van der Waals surface area contributed by atoms with E-state index in [0.29, 0.717) is 24.5 Å². The maximum atomic E-state index is 14.3. The number of amides is 1. The van der Waals surface area contributed by atoms with E-state index in [4.69, 9.17) is 0 Å². The van der Waals surface area contributed by atoms with Crippen LogP contribution >= 0.6 is 11.8 Å². The fourth-order valence-electron chi connectivity index (χ4n) is 3.25. The van der Waals surface area contributed by atoms with Crippen LogP contribution in [0.1, 0.15) is 37.7 Å². The Morgan fingerprint density at radius 1 is 1.34 bits per heavy atom. The molecule has 1 amide bonds. The minimum atomic E-state index is -3.07. The molecule has 1 aliphatic rings. The molecule has 2 heterocycles. The molecule has 1 aromatic carbocycles. The summed E-state index contributed by atoms with van der Waals surface area (Å²) in [5.74, 6) is -2.52. The van der Waals surface area contributed by atoms with Crippen molar-refractivity contribution in [3.63, 3.8) is 0 Å². The molecule has 10 heteroatoms. The standard InChI is InChI=1S/C19H23F2N5O2S/c20-19(21,14-6-2-1-3-7-14)11-10-16(27)15-8-9-17(28)26(15)12-4-5-13-29-18-22-24-25-23-18/h1-3,6-7,10,15,27H,4-5,8-9,11-13H2,(H,22,23,24,25)/b16-10+/t15-/m1/s1. The molecule has 0 bridgehead atoms. The van der Waals surface area contributed by atoms with E-state index in [1.54, 1.807) is 23.1 Å².